The van der Waals surface area contributed by atoms with Gasteiger partial charge in [0.05, 0.1) is 5.92 Å². The third kappa shape index (κ3) is 13.1. The van der Waals surface area contributed by atoms with Crippen molar-refractivity contribution in [3.05, 3.63) is 42.0 Å². The molecular formula is C32H46N6O8. The molecule has 0 bridgehead atoms. The summed E-state index contributed by atoms with van der Waals surface area (Å²) in [5.41, 5.74) is 6.32. The van der Waals surface area contributed by atoms with Crippen LogP contribution in [0.2, 0.25) is 0 Å². The lowest BCUT2D eigenvalue weighted by molar-refractivity contribution is -0.148. The molecule has 6 N–H and O–H groups in total. The Morgan fingerprint density at radius 3 is 2.09 bits per heavy atom. The van der Waals surface area contributed by atoms with E-state index in [0.29, 0.717) is 31.4 Å². The highest BCUT2D eigenvalue weighted by Gasteiger charge is 2.29. The first kappa shape index (κ1) is 37.4. The monoisotopic (exact) mass is 642 g/mol. The number of urea groups is 1. The topological polar surface area (TPSA) is 206 Å². The predicted molar refractivity (Wildman–Crippen MR) is 170 cm³/mol. The highest BCUT2D eigenvalue weighted by atomic mass is 16.5. The fourth-order valence-electron chi connectivity index (χ4n) is 4.45. The number of ether oxygens (including phenoxy) is 1. The van der Waals surface area contributed by atoms with Gasteiger partial charge in [0, 0.05) is 37.3 Å². The van der Waals surface area contributed by atoms with Gasteiger partial charge in [0.15, 0.2) is 0 Å². The quantitative estimate of drug-likeness (QED) is 0.0854. The number of nitrogens with zero attached hydrogens (tertiary/aromatic N) is 1. The van der Waals surface area contributed by atoms with Gasteiger partial charge in [-0.05, 0) is 49.3 Å². The number of rotatable bonds is 19. The number of hydrogen-bond acceptors (Lipinski definition) is 8. The van der Waals surface area contributed by atoms with E-state index in [2.05, 4.69) is 21.3 Å². The summed E-state index contributed by atoms with van der Waals surface area (Å²) in [5.74, 6) is -2.91. The second-order valence-electron chi connectivity index (χ2n) is 11.7. The van der Waals surface area contributed by atoms with E-state index in [9.17, 15) is 33.6 Å². The number of unbranched alkanes of at least 4 members (excludes halogenated alkanes) is 2. The molecule has 1 heterocycles. The van der Waals surface area contributed by atoms with Gasteiger partial charge in [-0.15, -0.1) is 0 Å². The highest BCUT2D eigenvalue weighted by Crippen LogP contribution is 2.14. The van der Waals surface area contributed by atoms with Crippen LogP contribution in [0.15, 0.2) is 36.4 Å². The zero-order valence-electron chi connectivity index (χ0n) is 26.9. The lowest BCUT2D eigenvalue weighted by Gasteiger charge is -2.25. The van der Waals surface area contributed by atoms with E-state index in [1.807, 2.05) is 0 Å². The molecule has 0 fully saturated rings. The Kier molecular flexibility index (Phi) is 15.4. The number of carbonyl (C=O) groups excluding carboxylic acids is 7. The number of primary amides is 1. The Bertz CT molecular complexity index is 1260. The number of hydrogen-bond donors (Lipinski definition) is 5. The van der Waals surface area contributed by atoms with Crippen LogP contribution in [0.5, 0.6) is 0 Å². The number of amides is 7. The molecule has 252 valence electrons. The number of anilines is 1. The van der Waals surface area contributed by atoms with Crippen LogP contribution in [-0.2, 0) is 40.1 Å². The van der Waals surface area contributed by atoms with E-state index in [4.69, 9.17) is 10.5 Å². The molecule has 14 nitrogen and oxygen atoms in total. The highest BCUT2D eigenvalue weighted by molar-refractivity contribution is 6.12. The lowest BCUT2D eigenvalue weighted by atomic mass is 10.0. The summed E-state index contributed by atoms with van der Waals surface area (Å²) in [4.78, 5) is 86.5. The minimum Gasteiger partial charge on any atom is -0.461 e. The van der Waals surface area contributed by atoms with Crippen molar-refractivity contribution in [3.8, 4) is 0 Å². The number of nitrogens with one attached hydrogen (secondary N) is 4. The summed E-state index contributed by atoms with van der Waals surface area (Å²) in [6.07, 6.45) is 4.78. The van der Waals surface area contributed by atoms with E-state index < -0.39 is 29.9 Å². The van der Waals surface area contributed by atoms with Crippen molar-refractivity contribution in [1.29, 1.82) is 0 Å². The first-order valence-corrected chi connectivity index (χ1v) is 15.5. The molecule has 0 aliphatic carbocycles. The third-order valence-electron chi connectivity index (χ3n) is 7.13. The van der Waals surface area contributed by atoms with Crippen LogP contribution in [0.3, 0.4) is 0 Å². The summed E-state index contributed by atoms with van der Waals surface area (Å²) in [5, 5.41) is 10.7. The van der Waals surface area contributed by atoms with Gasteiger partial charge >= 0.3 is 12.0 Å². The molecule has 2 unspecified atom stereocenters. The number of esters is 1. The lowest BCUT2D eigenvalue weighted by Crippen LogP contribution is -2.54. The Morgan fingerprint density at radius 1 is 0.848 bits per heavy atom. The van der Waals surface area contributed by atoms with Crippen LogP contribution < -0.4 is 27.0 Å². The smallest absolute Gasteiger partial charge is 0.312 e. The van der Waals surface area contributed by atoms with Crippen molar-refractivity contribution in [3.63, 3.8) is 0 Å². The van der Waals surface area contributed by atoms with Crippen molar-refractivity contribution < 1.29 is 38.3 Å². The standard InChI is InChI=1S/C32H46N6O8/c1-20(2)28(37-25(39)10-6-5-7-18-38-26(40)15-16-27(38)41)30(43)36-24(9-8-17-34-32(33)45)29(42)35-23-13-11-22(12-14-23)19-46-31(44)21(3)4/h11-16,20-21,24,28H,5-10,17-19H2,1-4H3,(H,35,42)(H,36,43)(H,37,39)(H3,33,34,45). The average molecular weight is 643 g/mol. The predicted octanol–water partition coefficient (Wildman–Crippen LogP) is 1.88. The third-order valence-corrected chi connectivity index (χ3v) is 7.13. The maximum absolute atomic E-state index is 13.3. The SMILES string of the molecule is CC(C)C(=O)OCc1ccc(NC(=O)C(CCCNC(N)=O)NC(=O)C(NC(=O)CCCCCN2C(=O)C=CC2=O)C(C)C)cc1. The summed E-state index contributed by atoms with van der Waals surface area (Å²) in [7, 11) is 0. The maximum Gasteiger partial charge on any atom is 0.312 e. The molecule has 2 rings (SSSR count). The van der Waals surface area contributed by atoms with Gasteiger partial charge in [0.2, 0.25) is 17.7 Å². The van der Waals surface area contributed by atoms with Gasteiger partial charge in [-0.1, -0.05) is 46.2 Å². The van der Waals surface area contributed by atoms with E-state index in [1.54, 1.807) is 52.0 Å². The number of carbonyl (C=O) groups is 7. The zero-order chi connectivity index (χ0) is 34.2. The minimum absolute atomic E-state index is 0.0947. The van der Waals surface area contributed by atoms with Crippen LogP contribution in [0.25, 0.3) is 0 Å². The van der Waals surface area contributed by atoms with Crippen LogP contribution >= 0.6 is 0 Å². The molecular weight excluding hydrogens is 596 g/mol. The minimum atomic E-state index is -0.988. The van der Waals surface area contributed by atoms with Gasteiger partial charge in [0.25, 0.3) is 11.8 Å². The van der Waals surface area contributed by atoms with Crippen molar-refractivity contribution in [2.24, 2.45) is 17.6 Å². The molecule has 0 saturated heterocycles. The van der Waals surface area contributed by atoms with Crippen molar-refractivity contribution >= 4 is 47.2 Å². The summed E-state index contributed by atoms with van der Waals surface area (Å²) in [6.45, 7) is 7.59. The molecule has 1 aliphatic rings. The van der Waals surface area contributed by atoms with Gasteiger partial charge in [0.1, 0.15) is 18.7 Å². The van der Waals surface area contributed by atoms with Gasteiger partial charge in [-0.2, -0.15) is 0 Å². The van der Waals surface area contributed by atoms with Crippen LogP contribution in [0.1, 0.15) is 71.8 Å². The second kappa shape index (κ2) is 18.9. The van der Waals surface area contributed by atoms with E-state index in [0.717, 1.165) is 10.5 Å². The first-order chi connectivity index (χ1) is 21.8. The number of nitrogens with two attached hydrogens (primary N) is 1. The van der Waals surface area contributed by atoms with E-state index in [1.165, 1.54) is 12.2 Å². The van der Waals surface area contributed by atoms with Crippen LogP contribution in [0, 0.1) is 11.8 Å². The van der Waals surface area contributed by atoms with Crippen molar-refractivity contribution in [2.45, 2.75) is 84.9 Å². The van der Waals surface area contributed by atoms with Crippen molar-refractivity contribution in [1.82, 2.24) is 20.9 Å². The molecule has 1 aliphatic heterocycles. The van der Waals surface area contributed by atoms with Crippen LogP contribution in [0.4, 0.5) is 10.5 Å². The van der Waals surface area contributed by atoms with Crippen molar-refractivity contribution in [2.75, 3.05) is 18.4 Å². The molecule has 46 heavy (non-hydrogen) atoms. The maximum atomic E-state index is 13.3. The Hall–Kier alpha value is -4.75. The molecule has 1 aromatic rings. The van der Waals surface area contributed by atoms with Gasteiger partial charge < -0.3 is 31.7 Å². The molecule has 7 amide bonds. The second-order valence-corrected chi connectivity index (χ2v) is 11.7. The molecule has 1 aromatic carbocycles. The largest absolute Gasteiger partial charge is 0.461 e. The fraction of sp³-hybridized carbons (Fsp3) is 0.531. The normalized spacial score (nSPS) is 13.8. The summed E-state index contributed by atoms with van der Waals surface area (Å²) in [6, 6.07) is 4.11. The van der Waals surface area contributed by atoms with Gasteiger partial charge in [-0.25, -0.2) is 4.79 Å². The number of imide groups is 1. The van der Waals surface area contributed by atoms with E-state index >= 15 is 0 Å². The molecule has 0 spiro atoms. The molecule has 0 aromatic heterocycles. The molecule has 0 radical (unpaired) electrons. The summed E-state index contributed by atoms with van der Waals surface area (Å²) < 4.78 is 5.22. The van der Waals surface area contributed by atoms with Crippen LogP contribution in [-0.4, -0.2) is 71.6 Å². The first-order valence-electron chi connectivity index (χ1n) is 15.5. The molecule has 2 atom stereocenters. The Labute approximate surface area is 269 Å². The Morgan fingerprint density at radius 2 is 1.50 bits per heavy atom. The zero-order valence-corrected chi connectivity index (χ0v) is 26.9. The van der Waals surface area contributed by atoms with Gasteiger partial charge in [-0.3, -0.25) is 33.7 Å². The van der Waals surface area contributed by atoms with E-state index in [-0.39, 0.29) is 68.1 Å². The fourth-order valence-corrected chi connectivity index (χ4v) is 4.45. The molecule has 14 heteroatoms. The summed E-state index contributed by atoms with van der Waals surface area (Å²) >= 11 is 0. The number of benzene rings is 1. The Balaban J connectivity index is 1.95. The average Bonchev–Trinajstić information content (AvgIpc) is 3.32. The molecule has 0 saturated carbocycles.